The Labute approximate surface area is 105 Å². The molecule has 1 aromatic carbocycles. The zero-order chi connectivity index (χ0) is 13.0. The Balaban J connectivity index is 2.05. The number of pyridine rings is 1. The van der Waals surface area contributed by atoms with Crippen LogP contribution in [0.5, 0.6) is 5.75 Å². The van der Waals surface area contributed by atoms with Gasteiger partial charge in [-0.05, 0) is 25.1 Å². The van der Waals surface area contributed by atoms with Crippen molar-refractivity contribution in [2.75, 3.05) is 0 Å². The van der Waals surface area contributed by atoms with Crippen molar-refractivity contribution in [1.82, 2.24) is 4.98 Å². The second-order valence-electron chi connectivity index (χ2n) is 4.01. The Morgan fingerprint density at radius 1 is 1.39 bits per heavy atom. The number of benzene rings is 1. The van der Waals surface area contributed by atoms with E-state index in [-0.39, 0.29) is 5.56 Å². The molecule has 0 amide bonds. The summed E-state index contributed by atoms with van der Waals surface area (Å²) in [6.45, 7) is 1.86. The number of halogens is 1. The zero-order valence-electron chi connectivity index (χ0n) is 10.0. The van der Waals surface area contributed by atoms with E-state index >= 15 is 0 Å². The maximum atomic E-state index is 13.6. The van der Waals surface area contributed by atoms with E-state index in [1.54, 1.807) is 18.5 Å². The highest BCUT2D eigenvalue weighted by molar-refractivity contribution is 5.30. The summed E-state index contributed by atoms with van der Waals surface area (Å²) < 4.78 is 19.0. The third-order valence-corrected chi connectivity index (χ3v) is 2.55. The third kappa shape index (κ3) is 3.05. The molecule has 94 valence electrons. The van der Waals surface area contributed by atoms with E-state index in [9.17, 15) is 9.50 Å². The van der Waals surface area contributed by atoms with Crippen molar-refractivity contribution in [3.8, 4) is 5.75 Å². The highest BCUT2D eigenvalue weighted by atomic mass is 19.1. The van der Waals surface area contributed by atoms with Gasteiger partial charge < -0.3 is 9.84 Å². The summed E-state index contributed by atoms with van der Waals surface area (Å²) in [6.07, 6.45) is 2.55. The predicted molar refractivity (Wildman–Crippen MR) is 65.6 cm³/mol. The van der Waals surface area contributed by atoms with Gasteiger partial charge in [-0.25, -0.2) is 4.39 Å². The Kier molecular flexibility index (Phi) is 3.89. The summed E-state index contributed by atoms with van der Waals surface area (Å²) in [5, 5.41) is 9.31. The SMILES string of the molecule is CC(O)c1ccc(OCc2cccnc2)cc1F. The number of aliphatic hydroxyl groups is 1. The Morgan fingerprint density at radius 2 is 2.22 bits per heavy atom. The monoisotopic (exact) mass is 247 g/mol. The molecule has 18 heavy (non-hydrogen) atoms. The third-order valence-electron chi connectivity index (χ3n) is 2.55. The van der Waals surface area contributed by atoms with Crippen molar-refractivity contribution in [3.05, 3.63) is 59.7 Å². The van der Waals surface area contributed by atoms with Crippen LogP contribution >= 0.6 is 0 Å². The standard InChI is InChI=1S/C14H14FNO2/c1-10(17)13-5-4-12(7-14(13)15)18-9-11-3-2-6-16-8-11/h2-8,10,17H,9H2,1H3. The van der Waals surface area contributed by atoms with Crippen molar-refractivity contribution in [2.24, 2.45) is 0 Å². The van der Waals surface area contributed by atoms with Crippen LogP contribution in [0, 0.1) is 5.82 Å². The molecule has 0 bridgehead atoms. The summed E-state index contributed by atoms with van der Waals surface area (Å²) in [7, 11) is 0. The van der Waals surface area contributed by atoms with E-state index < -0.39 is 11.9 Å². The molecule has 1 heterocycles. The highest BCUT2D eigenvalue weighted by Crippen LogP contribution is 2.22. The van der Waals surface area contributed by atoms with Crippen molar-refractivity contribution >= 4 is 0 Å². The normalized spacial score (nSPS) is 12.2. The first kappa shape index (κ1) is 12.5. The predicted octanol–water partition coefficient (Wildman–Crippen LogP) is 2.85. The van der Waals surface area contributed by atoms with E-state index in [1.807, 2.05) is 12.1 Å². The Hall–Kier alpha value is -1.94. The second kappa shape index (κ2) is 5.60. The molecule has 1 unspecified atom stereocenters. The van der Waals surface area contributed by atoms with E-state index in [0.717, 1.165) is 5.56 Å². The van der Waals surface area contributed by atoms with Crippen LogP contribution in [-0.2, 0) is 6.61 Å². The molecule has 3 nitrogen and oxygen atoms in total. The van der Waals surface area contributed by atoms with Crippen LogP contribution in [0.4, 0.5) is 4.39 Å². The fourth-order valence-electron chi connectivity index (χ4n) is 1.59. The minimum absolute atomic E-state index is 0.267. The zero-order valence-corrected chi connectivity index (χ0v) is 10.0. The second-order valence-corrected chi connectivity index (χ2v) is 4.01. The Bertz CT molecular complexity index is 514. The first-order valence-corrected chi connectivity index (χ1v) is 5.66. The lowest BCUT2D eigenvalue weighted by Gasteiger charge is -2.09. The van der Waals surface area contributed by atoms with Gasteiger partial charge >= 0.3 is 0 Å². The lowest BCUT2D eigenvalue weighted by Crippen LogP contribution is -1.99. The van der Waals surface area contributed by atoms with Gasteiger partial charge in [-0.1, -0.05) is 6.07 Å². The van der Waals surface area contributed by atoms with Crippen LogP contribution in [0.3, 0.4) is 0 Å². The van der Waals surface area contributed by atoms with Gasteiger partial charge in [0.05, 0.1) is 6.10 Å². The van der Waals surface area contributed by atoms with Gasteiger partial charge in [-0.15, -0.1) is 0 Å². The molecule has 0 saturated carbocycles. The minimum Gasteiger partial charge on any atom is -0.489 e. The van der Waals surface area contributed by atoms with Gasteiger partial charge in [0.2, 0.25) is 0 Å². The summed E-state index contributed by atoms with van der Waals surface area (Å²) in [4.78, 5) is 3.96. The number of rotatable bonds is 4. The first-order valence-electron chi connectivity index (χ1n) is 5.66. The molecule has 0 radical (unpaired) electrons. The Morgan fingerprint density at radius 3 is 2.83 bits per heavy atom. The van der Waals surface area contributed by atoms with Crippen LogP contribution in [-0.4, -0.2) is 10.1 Å². The molecular formula is C14H14FNO2. The van der Waals surface area contributed by atoms with E-state index in [0.29, 0.717) is 12.4 Å². The maximum Gasteiger partial charge on any atom is 0.132 e. The van der Waals surface area contributed by atoms with E-state index in [4.69, 9.17) is 4.74 Å². The molecule has 0 spiro atoms. The average Bonchev–Trinajstić information content (AvgIpc) is 2.37. The lowest BCUT2D eigenvalue weighted by molar-refractivity contribution is 0.194. The van der Waals surface area contributed by atoms with Gasteiger partial charge in [0, 0.05) is 29.6 Å². The number of nitrogens with zero attached hydrogens (tertiary/aromatic N) is 1. The number of hydrogen-bond donors (Lipinski definition) is 1. The quantitative estimate of drug-likeness (QED) is 0.903. The number of aromatic nitrogens is 1. The molecule has 1 atom stereocenters. The molecule has 1 aromatic heterocycles. The first-order chi connectivity index (χ1) is 8.66. The summed E-state index contributed by atoms with van der Waals surface area (Å²) in [5.74, 6) is -0.0329. The van der Waals surface area contributed by atoms with Crippen LogP contribution in [0.1, 0.15) is 24.2 Å². The summed E-state index contributed by atoms with van der Waals surface area (Å²) >= 11 is 0. The van der Waals surface area contributed by atoms with Gasteiger partial charge in [0.15, 0.2) is 0 Å². The van der Waals surface area contributed by atoms with Gasteiger partial charge in [0.25, 0.3) is 0 Å². The van der Waals surface area contributed by atoms with Gasteiger partial charge in [-0.3, -0.25) is 4.98 Å². The molecule has 0 fully saturated rings. The van der Waals surface area contributed by atoms with Gasteiger partial charge in [-0.2, -0.15) is 0 Å². The molecule has 1 N–H and O–H groups in total. The molecule has 0 aliphatic heterocycles. The van der Waals surface area contributed by atoms with Gasteiger partial charge in [0.1, 0.15) is 18.2 Å². The van der Waals surface area contributed by atoms with Crippen molar-refractivity contribution in [3.63, 3.8) is 0 Å². The molecule has 0 aliphatic carbocycles. The maximum absolute atomic E-state index is 13.6. The molecule has 2 aromatic rings. The van der Waals surface area contributed by atoms with Crippen molar-refractivity contribution in [1.29, 1.82) is 0 Å². The number of hydrogen-bond acceptors (Lipinski definition) is 3. The molecule has 2 rings (SSSR count). The fourth-order valence-corrected chi connectivity index (χ4v) is 1.59. The smallest absolute Gasteiger partial charge is 0.132 e. The van der Waals surface area contributed by atoms with Crippen LogP contribution in [0.25, 0.3) is 0 Å². The van der Waals surface area contributed by atoms with Crippen molar-refractivity contribution < 1.29 is 14.2 Å². The average molecular weight is 247 g/mol. The molecular weight excluding hydrogens is 233 g/mol. The van der Waals surface area contributed by atoms with E-state index in [2.05, 4.69) is 4.98 Å². The number of ether oxygens (including phenoxy) is 1. The van der Waals surface area contributed by atoms with Crippen molar-refractivity contribution in [2.45, 2.75) is 19.6 Å². The minimum atomic E-state index is -0.822. The summed E-state index contributed by atoms with van der Waals surface area (Å²) in [5.41, 5.74) is 1.18. The van der Waals surface area contributed by atoms with E-state index in [1.165, 1.54) is 19.1 Å². The summed E-state index contributed by atoms with van der Waals surface area (Å²) in [6, 6.07) is 8.14. The lowest BCUT2D eigenvalue weighted by atomic mass is 10.1. The highest BCUT2D eigenvalue weighted by Gasteiger charge is 2.09. The fraction of sp³-hybridized carbons (Fsp3) is 0.214. The molecule has 0 aliphatic rings. The van der Waals surface area contributed by atoms with Crippen LogP contribution in [0.2, 0.25) is 0 Å². The molecule has 0 saturated heterocycles. The number of aliphatic hydroxyl groups excluding tert-OH is 1. The topological polar surface area (TPSA) is 42.4 Å². The van der Waals surface area contributed by atoms with Crippen LogP contribution < -0.4 is 4.74 Å². The largest absolute Gasteiger partial charge is 0.489 e. The van der Waals surface area contributed by atoms with Crippen LogP contribution in [0.15, 0.2) is 42.7 Å². The molecule has 4 heteroatoms.